The Bertz CT molecular complexity index is 321. The molecule has 0 saturated heterocycles. The Labute approximate surface area is 91.4 Å². The van der Waals surface area contributed by atoms with Gasteiger partial charge in [0.1, 0.15) is 0 Å². The zero-order valence-electron chi connectivity index (χ0n) is 7.80. The van der Waals surface area contributed by atoms with Gasteiger partial charge >= 0.3 is 0 Å². The van der Waals surface area contributed by atoms with Crippen LogP contribution in [-0.4, -0.2) is 6.10 Å². The molecule has 0 aromatic heterocycles. The lowest BCUT2D eigenvalue weighted by atomic mass is 10.3. The lowest BCUT2D eigenvalue weighted by Crippen LogP contribution is -2.11. The van der Waals surface area contributed by atoms with Gasteiger partial charge in [-0.05, 0) is 53.7 Å². The van der Waals surface area contributed by atoms with Gasteiger partial charge < -0.3 is 4.74 Å². The van der Waals surface area contributed by atoms with E-state index in [1.165, 1.54) is 12.8 Å². The predicted octanol–water partition coefficient (Wildman–Crippen LogP) is 3.91. The molecule has 1 aromatic rings. The second-order valence-electron chi connectivity index (χ2n) is 3.58. The van der Waals surface area contributed by atoms with E-state index < -0.39 is 0 Å². The van der Waals surface area contributed by atoms with Crippen LogP contribution >= 0.6 is 15.9 Å². The van der Waals surface area contributed by atoms with Crippen LogP contribution in [-0.2, 0) is 0 Å². The molecule has 0 amide bonds. The molecular weight excluding hydrogens is 247 g/mol. The van der Waals surface area contributed by atoms with Crippen LogP contribution in [0.1, 0.15) is 25.7 Å². The average Bonchev–Trinajstić information content (AvgIpc) is 2.66. The van der Waals surface area contributed by atoms with E-state index in [1.807, 2.05) is 0 Å². The van der Waals surface area contributed by atoms with Crippen LogP contribution in [0.25, 0.3) is 0 Å². The second kappa shape index (κ2) is 4.30. The molecule has 0 bridgehead atoms. The van der Waals surface area contributed by atoms with Crippen molar-refractivity contribution in [3.05, 3.63) is 28.5 Å². The first-order valence-electron chi connectivity index (χ1n) is 4.88. The first-order valence-corrected chi connectivity index (χ1v) is 5.67. The molecule has 1 saturated carbocycles. The van der Waals surface area contributed by atoms with Crippen molar-refractivity contribution >= 4 is 15.9 Å². The molecule has 14 heavy (non-hydrogen) atoms. The molecule has 3 heteroatoms. The Morgan fingerprint density at radius 1 is 1.29 bits per heavy atom. The smallest absolute Gasteiger partial charge is 0.179 e. The Balaban J connectivity index is 2.11. The molecule has 0 unspecified atom stereocenters. The largest absolute Gasteiger partial charge is 0.487 e. The quantitative estimate of drug-likeness (QED) is 0.782. The summed E-state index contributed by atoms with van der Waals surface area (Å²) in [7, 11) is 0. The van der Waals surface area contributed by atoms with Gasteiger partial charge in [-0.25, -0.2) is 4.39 Å². The van der Waals surface area contributed by atoms with Crippen molar-refractivity contribution in [1.29, 1.82) is 0 Å². The van der Waals surface area contributed by atoms with Crippen LogP contribution in [0.5, 0.6) is 5.75 Å². The average molecular weight is 259 g/mol. The van der Waals surface area contributed by atoms with E-state index in [0.717, 1.165) is 12.8 Å². The topological polar surface area (TPSA) is 9.23 Å². The molecule has 2 rings (SSSR count). The van der Waals surface area contributed by atoms with Gasteiger partial charge in [-0.15, -0.1) is 0 Å². The number of halogens is 2. The van der Waals surface area contributed by atoms with Crippen LogP contribution < -0.4 is 4.74 Å². The lowest BCUT2D eigenvalue weighted by Gasteiger charge is -2.13. The van der Waals surface area contributed by atoms with Crippen LogP contribution in [0.15, 0.2) is 22.7 Å². The Morgan fingerprint density at radius 2 is 2.00 bits per heavy atom. The number of ether oxygens (including phenoxy) is 1. The van der Waals surface area contributed by atoms with Crippen molar-refractivity contribution in [2.45, 2.75) is 31.8 Å². The maximum Gasteiger partial charge on any atom is 0.179 e. The third-order valence-corrected chi connectivity index (χ3v) is 3.12. The third kappa shape index (κ3) is 2.08. The Morgan fingerprint density at radius 3 is 2.71 bits per heavy atom. The molecule has 1 aliphatic carbocycles. The summed E-state index contributed by atoms with van der Waals surface area (Å²) in [5.74, 6) is 0.0747. The first-order chi connectivity index (χ1) is 6.77. The number of rotatable bonds is 2. The summed E-state index contributed by atoms with van der Waals surface area (Å²) in [5, 5.41) is 0. The van der Waals surface area contributed by atoms with Gasteiger partial charge in [-0.2, -0.15) is 0 Å². The highest BCUT2D eigenvalue weighted by Crippen LogP contribution is 2.29. The van der Waals surface area contributed by atoms with Gasteiger partial charge in [-0.3, -0.25) is 0 Å². The zero-order chi connectivity index (χ0) is 9.97. The Kier molecular flexibility index (Phi) is 3.06. The van der Waals surface area contributed by atoms with E-state index in [-0.39, 0.29) is 11.9 Å². The molecule has 0 N–H and O–H groups in total. The lowest BCUT2D eigenvalue weighted by molar-refractivity contribution is 0.200. The predicted molar refractivity (Wildman–Crippen MR) is 57.0 cm³/mol. The van der Waals surface area contributed by atoms with Crippen LogP contribution in [0.2, 0.25) is 0 Å². The van der Waals surface area contributed by atoms with E-state index in [9.17, 15) is 4.39 Å². The summed E-state index contributed by atoms with van der Waals surface area (Å²) in [6.07, 6.45) is 4.69. The summed E-state index contributed by atoms with van der Waals surface area (Å²) in [6.45, 7) is 0. The maximum absolute atomic E-state index is 13.5. The minimum atomic E-state index is -0.292. The summed E-state index contributed by atoms with van der Waals surface area (Å²) < 4.78 is 19.5. The fourth-order valence-electron chi connectivity index (χ4n) is 1.76. The van der Waals surface area contributed by atoms with Crippen LogP contribution in [0.3, 0.4) is 0 Å². The van der Waals surface area contributed by atoms with Gasteiger partial charge in [0.2, 0.25) is 0 Å². The van der Waals surface area contributed by atoms with E-state index in [4.69, 9.17) is 4.74 Å². The molecule has 0 atom stereocenters. The van der Waals surface area contributed by atoms with Crippen molar-refractivity contribution in [3.8, 4) is 5.75 Å². The number of hydrogen-bond acceptors (Lipinski definition) is 1. The van der Waals surface area contributed by atoms with Gasteiger partial charge in [0.05, 0.1) is 10.6 Å². The molecule has 0 spiro atoms. The highest BCUT2D eigenvalue weighted by atomic mass is 79.9. The van der Waals surface area contributed by atoms with Gasteiger partial charge in [-0.1, -0.05) is 6.07 Å². The molecule has 1 aliphatic rings. The number of hydrogen-bond donors (Lipinski definition) is 0. The van der Waals surface area contributed by atoms with Crippen molar-refractivity contribution in [1.82, 2.24) is 0 Å². The molecule has 0 radical (unpaired) electrons. The minimum Gasteiger partial charge on any atom is -0.487 e. The normalized spacial score (nSPS) is 17.3. The van der Waals surface area contributed by atoms with Crippen molar-refractivity contribution in [2.75, 3.05) is 0 Å². The molecule has 1 nitrogen and oxygen atoms in total. The molecule has 0 aliphatic heterocycles. The van der Waals surface area contributed by atoms with Crippen LogP contribution in [0.4, 0.5) is 4.39 Å². The Hall–Kier alpha value is -0.570. The van der Waals surface area contributed by atoms with Crippen molar-refractivity contribution < 1.29 is 9.13 Å². The summed E-state index contributed by atoms with van der Waals surface area (Å²) in [4.78, 5) is 0. The third-order valence-electron chi connectivity index (χ3n) is 2.51. The second-order valence-corrected chi connectivity index (χ2v) is 4.43. The minimum absolute atomic E-state index is 0.207. The molecule has 76 valence electrons. The zero-order valence-corrected chi connectivity index (χ0v) is 9.39. The van der Waals surface area contributed by atoms with Crippen molar-refractivity contribution in [2.24, 2.45) is 0 Å². The summed E-state index contributed by atoms with van der Waals surface area (Å²) in [6, 6.07) is 5.15. The van der Waals surface area contributed by atoms with E-state index in [2.05, 4.69) is 15.9 Å². The molecular formula is C11H12BrFO. The molecule has 0 heterocycles. The summed E-state index contributed by atoms with van der Waals surface area (Å²) >= 11 is 3.14. The SMILES string of the molecule is Fc1c(Br)cccc1OC1CCCC1. The molecule has 1 aromatic carbocycles. The fourth-order valence-corrected chi connectivity index (χ4v) is 2.11. The standard InChI is InChI=1S/C11H12BrFO/c12-9-6-3-7-10(11(9)13)14-8-4-1-2-5-8/h3,6-8H,1-2,4-5H2. The van der Waals surface area contributed by atoms with Crippen molar-refractivity contribution in [3.63, 3.8) is 0 Å². The van der Waals surface area contributed by atoms with Gasteiger partial charge in [0.25, 0.3) is 0 Å². The first kappa shape index (κ1) is 9.97. The fraction of sp³-hybridized carbons (Fsp3) is 0.455. The van der Waals surface area contributed by atoms with E-state index in [0.29, 0.717) is 10.2 Å². The highest BCUT2D eigenvalue weighted by Gasteiger charge is 2.18. The van der Waals surface area contributed by atoms with Crippen LogP contribution in [0, 0.1) is 5.82 Å². The van der Waals surface area contributed by atoms with Gasteiger partial charge in [0, 0.05) is 0 Å². The summed E-state index contributed by atoms with van der Waals surface area (Å²) in [5.41, 5.74) is 0. The highest BCUT2D eigenvalue weighted by molar-refractivity contribution is 9.10. The van der Waals surface area contributed by atoms with E-state index in [1.54, 1.807) is 18.2 Å². The maximum atomic E-state index is 13.5. The van der Waals surface area contributed by atoms with E-state index >= 15 is 0 Å². The van der Waals surface area contributed by atoms with Gasteiger partial charge in [0.15, 0.2) is 11.6 Å². The monoisotopic (exact) mass is 258 g/mol. The number of benzene rings is 1. The molecule has 1 fully saturated rings.